The van der Waals surface area contributed by atoms with E-state index in [0.717, 1.165) is 12.1 Å². The van der Waals surface area contributed by atoms with Crippen LogP contribution in [0, 0.1) is 28.8 Å². The van der Waals surface area contributed by atoms with E-state index < -0.39 is 34.5 Å². The van der Waals surface area contributed by atoms with Crippen LogP contribution in [0.4, 0.5) is 18.9 Å². The summed E-state index contributed by atoms with van der Waals surface area (Å²) in [6.07, 6.45) is 0.916. The molecule has 0 saturated heterocycles. The van der Waals surface area contributed by atoms with Crippen LogP contribution in [0.1, 0.15) is 19.8 Å². The van der Waals surface area contributed by atoms with Crippen molar-refractivity contribution in [2.75, 3.05) is 5.32 Å². The summed E-state index contributed by atoms with van der Waals surface area (Å²) < 4.78 is 39.4. The van der Waals surface area contributed by atoms with E-state index in [4.69, 9.17) is 18.0 Å². The lowest BCUT2D eigenvalue weighted by molar-refractivity contribution is -0.127. The fourth-order valence-electron chi connectivity index (χ4n) is 2.49. The first-order chi connectivity index (χ1) is 9.28. The number of amides is 1. The van der Waals surface area contributed by atoms with Crippen molar-refractivity contribution < 1.29 is 18.0 Å². The molecule has 0 bridgehead atoms. The average Bonchev–Trinajstić information content (AvgIpc) is 2.35. The number of hydrogen-bond donors (Lipinski definition) is 2. The molecule has 3 N–H and O–H groups in total. The molecule has 1 saturated carbocycles. The molecule has 1 aromatic rings. The van der Waals surface area contributed by atoms with Crippen molar-refractivity contribution in [3.63, 3.8) is 0 Å². The highest BCUT2D eigenvalue weighted by Crippen LogP contribution is 2.46. The van der Waals surface area contributed by atoms with E-state index in [0.29, 0.717) is 12.8 Å². The van der Waals surface area contributed by atoms with Gasteiger partial charge >= 0.3 is 0 Å². The highest BCUT2D eigenvalue weighted by Gasteiger charge is 2.51. The maximum Gasteiger partial charge on any atom is 0.237 e. The van der Waals surface area contributed by atoms with Crippen LogP contribution in [0.2, 0.25) is 0 Å². The Balaban J connectivity index is 2.24. The number of nitrogens with two attached hydrogens (primary N) is 1. The van der Waals surface area contributed by atoms with Gasteiger partial charge in [-0.05, 0) is 30.9 Å². The number of rotatable bonds is 3. The van der Waals surface area contributed by atoms with E-state index in [9.17, 15) is 18.0 Å². The molecule has 108 valence electrons. The second kappa shape index (κ2) is 5.05. The Kier molecular flexibility index (Phi) is 3.73. The number of nitrogens with one attached hydrogen (secondary N) is 1. The van der Waals surface area contributed by atoms with Crippen molar-refractivity contribution in [3.05, 3.63) is 29.6 Å². The van der Waals surface area contributed by atoms with Crippen LogP contribution in [0.15, 0.2) is 12.1 Å². The van der Waals surface area contributed by atoms with Gasteiger partial charge in [-0.1, -0.05) is 19.1 Å². The molecule has 0 spiro atoms. The van der Waals surface area contributed by atoms with E-state index in [-0.39, 0.29) is 10.9 Å². The maximum atomic E-state index is 13.5. The summed E-state index contributed by atoms with van der Waals surface area (Å²) >= 11 is 4.89. The molecule has 0 heterocycles. The minimum Gasteiger partial charge on any atom is -0.392 e. The Bertz CT molecular complexity index is 585. The fourth-order valence-corrected chi connectivity index (χ4v) is 2.75. The van der Waals surface area contributed by atoms with E-state index in [1.54, 1.807) is 0 Å². The third-order valence-corrected chi connectivity index (χ3v) is 3.97. The lowest BCUT2D eigenvalue weighted by Crippen LogP contribution is -2.54. The molecule has 1 fully saturated rings. The molecule has 1 aromatic carbocycles. The molecule has 1 amide bonds. The van der Waals surface area contributed by atoms with Gasteiger partial charge in [0.05, 0.1) is 16.1 Å². The smallest absolute Gasteiger partial charge is 0.237 e. The maximum absolute atomic E-state index is 13.5. The summed E-state index contributed by atoms with van der Waals surface area (Å²) in [4.78, 5) is 12.2. The fraction of sp³-hybridized carbons (Fsp3) is 0.385. The SMILES string of the molecule is CC1CC(C(=O)Nc2ccc(F)c(F)c2F)(C(N)=S)C1. The average molecular weight is 302 g/mol. The largest absolute Gasteiger partial charge is 0.392 e. The van der Waals surface area contributed by atoms with Gasteiger partial charge in [-0.25, -0.2) is 13.2 Å². The van der Waals surface area contributed by atoms with Crippen molar-refractivity contribution in [2.24, 2.45) is 17.1 Å². The number of halogens is 3. The Morgan fingerprint density at radius 2 is 1.95 bits per heavy atom. The first-order valence-electron chi connectivity index (χ1n) is 6.03. The third-order valence-electron chi connectivity index (χ3n) is 3.58. The molecular weight excluding hydrogens is 289 g/mol. The number of thiocarbonyl (C=S) groups is 1. The zero-order chi connectivity index (χ0) is 15.1. The number of carbonyl (C=O) groups excluding carboxylic acids is 1. The van der Waals surface area contributed by atoms with Crippen molar-refractivity contribution in [1.29, 1.82) is 0 Å². The zero-order valence-corrected chi connectivity index (χ0v) is 11.5. The second-order valence-electron chi connectivity index (χ2n) is 5.14. The Morgan fingerprint density at radius 1 is 1.35 bits per heavy atom. The lowest BCUT2D eigenvalue weighted by atomic mass is 9.62. The van der Waals surface area contributed by atoms with Crippen LogP contribution in [0.25, 0.3) is 0 Å². The Morgan fingerprint density at radius 3 is 2.45 bits per heavy atom. The van der Waals surface area contributed by atoms with Gasteiger partial charge in [0.2, 0.25) is 5.91 Å². The van der Waals surface area contributed by atoms with E-state index in [1.807, 2.05) is 6.92 Å². The van der Waals surface area contributed by atoms with Crippen LogP contribution in [0.5, 0.6) is 0 Å². The lowest BCUT2D eigenvalue weighted by Gasteiger charge is -2.44. The molecule has 3 nitrogen and oxygen atoms in total. The van der Waals surface area contributed by atoms with Crippen LogP contribution in [0.3, 0.4) is 0 Å². The summed E-state index contributed by atoms with van der Waals surface area (Å²) in [6, 6.07) is 1.70. The molecule has 0 atom stereocenters. The second-order valence-corrected chi connectivity index (χ2v) is 5.58. The number of hydrogen-bond acceptors (Lipinski definition) is 2. The minimum absolute atomic E-state index is 0.0242. The zero-order valence-electron chi connectivity index (χ0n) is 10.7. The molecule has 1 aliphatic rings. The van der Waals surface area contributed by atoms with Crippen LogP contribution in [-0.2, 0) is 4.79 Å². The molecule has 0 aliphatic heterocycles. The van der Waals surface area contributed by atoms with Gasteiger partial charge in [0.15, 0.2) is 17.5 Å². The van der Waals surface area contributed by atoms with Gasteiger partial charge < -0.3 is 11.1 Å². The van der Waals surface area contributed by atoms with Crippen LogP contribution in [-0.4, -0.2) is 10.9 Å². The predicted molar refractivity (Wildman–Crippen MR) is 72.6 cm³/mol. The topological polar surface area (TPSA) is 55.1 Å². The van der Waals surface area contributed by atoms with Crippen molar-refractivity contribution in [2.45, 2.75) is 19.8 Å². The van der Waals surface area contributed by atoms with Crippen molar-refractivity contribution >= 4 is 28.8 Å². The monoisotopic (exact) mass is 302 g/mol. The van der Waals surface area contributed by atoms with Crippen molar-refractivity contribution in [1.82, 2.24) is 0 Å². The van der Waals surface area contributed by atoms with Gasteiger partial charge in [-0.3, -0.25) is 4.79 Å². The molecule has 20 heavy (non-hydrogen) atoms. The molecule has 0 radical (unpaired) electrons. The first kappa shape index (κ1) is 14.8. The molecule has 2 rings (SSSR count). The van der Waals surface area contributed by atoms with Gasteiger partial charge in [0, 0.05) is 0 Å². The first-order valence-corrected chi connectivity index (χ1v) is 6.43. The Labute approximate surface area is 119 Å². The van der Waals surface area contributed by atoms with Gasteiger partial charge in [-0.2, -0.15) is 0 Å². The summed E-state index contributed by atoms with van der Waals surface area (Å²) in [7, 11) is 0. The number of anilines is 1. The van der Waals surface area contributed by atoms with Gasteiger partial charge in [0.25, 0.3) is 0 Å². The van der Waals surface area contributed by atoms with Crippen LogP contribution < -0.4 is 11.1 Å². The van der Waals surface area contributed by atoms with Crippen LogP contribution >= 0.6 is 12.2 Å². The predicted octanol–water partition coefficient (Wildman–Crippen LogP) is 2.74. The van der Waals surface area contributed by atoms with Crippen molar-refractivity contribution in [3.8, 4) is 0 Å². The quantitative estimate of drug-likeness (QED) is 0.667. The molecule has 7 heteroatoms. The van der Waals surface area contributed by atoms with E-state index in [2.05, 4.69) is 5.32 Å². The standard InChI is InChI=1S/C13H13F3N2OS/c1-6-4-13(5-6,11(17)20)12(19)18-8-3-2-7(14)9(15)10(8)16/h2-3,6H,4-5H2,1H3,(H2,17,20)(H,18,19). The van der Waals surface area contributed by atoms with Gasteiger partial charge in [-0.15, -0.1) is 0 Å². The number of benzene rings is 1. The number of carbonyl (C=O) groups is 1. The van der Waals surface area contributed by atoms with E-state index in [1.165, 1.54) is 0 Å². The summed E-state index contributed by atoms with van der Waals surface area (Å²) in [6.45, 7) is 1.93. The third kappa shape index (κ3) is 2.26. The summed E-state index contributed by atoms with van der Waals surface area (Å²) in [5.74, 6) is -4.70. The highest BCUT2D eigenvalue weighted by molar-refractivity contribution is 7.80. The summed E-state index contributed by atoms with van der Waals surface area (Å²) in [5.41, 5.74) is 4.12. The van der Waals surface area contributed by atoms with E-state index >= 15 is 0 Å². The Hall–Kier alpha value is -1.63. The molecular formula is C13H13F3N2OS. The molecule has 0 aromatic heterocycles. The molecule has 0 unspecified atom stereocenters. The highest BCUT2D eigenvalue weighted by atomic mass is 32.1. The van der Waals surface area contributed by atoms with Gasteiger partial charge in [0.1, 0.15) is 0 Å². The summed E-state index contributed by atoms with van der Waals surface area (Å²) in [5, 5.41) is 2.23. The minimum atomic E-state index is -1.63. The normalized spacial score (nSPS) is 24.9. The molecule has 1 aliphatic carbocycles.